The van der Waals surface area contributed by atoms with E-state index >= 15 is 0 Å². The first-order valence-corrected chi connectivity index (χ1v) is 6.61. The molecule has 1 fully saturated rings. The number of anilines is 1. The van der Waals surface area contributed by atoms with Crippen molar-refractivity contribution in [1.29, 1.82) is 5.26 Å². The third-order valence-electron chi connectivity index (χ3n) is 3.81. The van der Waals surface area contributed by atoms with Gasteiger partial charge in [0.25, 0.3) is 0 Å². The van der Waals surface area contributed by atoms with Crippen LogP contribution in [0.25, 0.3) is 0 Å². The Labute approximate surface area is 112 Å². The zero-order valence-corrected chi connectivity index (χ0v) is 11.0. The van der Waals surface area contributed by atoms with Gasteiger partial charge in [-0.2, -0.15) is 5.26 Å². The fourth-order valence-electron chi connectivity index (χ4n) is 2.47. The predicted octanol–water partition coefficient (Wildman–Crippen LogP) is 3.18. The summed E-state index contributed by atoms with van der Waals surface area (Å²) in [5.74, 6) is 0. The summed E-state index contributed by atoms with van der Waals surface area (Å²) in [7, 11) is 0. The van der Waals surface area contributed by atoms with Gasteiger partial charge in [-0.25, -0.2) is 0 Å². The van der Waals surface area contributed by atoms with Gasteiger partial charge in [0, 0.05) is 18.2 Å². The maximum atomic E-state index is 9.10. The number of nitrogens with one attached hydrogen (secondary N) is 1. The Balaban J connectivity index is 2.04. The number of nitrogens with zero attached hydrogens (tertiary/aromatic N) is 1. The highest BCUT2D eigenvalue weighted by Crippen LogP contribution is 2.43. The number of nitriles is 1. The van der Waals surface area contributed by atoms with E-state index in [1.54, 1.807) is 12.1 Å². The van der Waals surface area contributed by atoms with Crippen LogP contribution in [0.1, 0.15) is 31.2 Å². The third-order valence-corrected chi connectivity index (χ3v) is 4.05. The molecule has 2 N–H and O–H groups in total. The second kappa shape index (κ2) is 5.60. The summed E-state index contributed by atoms with van der Waals surface area (Å²) in [5, 5.41) is 22.1. The monoisotopic (exact) mass is 264 g/mol. The van der Waals surface area contributed by atoms with E-state index in [1.807, 2.05) is 6.07 Å². The summed E-state index contributed by atoms with van der Waals surface area (Å²) in [6, 6.07) is 7.44. The Hall–Kier alpha value is -1.24. The average molecular weight is 265 g/mol. The summed E-state index contributed by atoms with van der Waals surface area (Å²) in [4.78, 5) is 0. The molecule has 18 heavy (non-hydrogen) atoms. The highest BCUT2D eigenvalue weighted by atomic mass is 35.5. The first kappa shape index (κ1) is 13.2. The Bertz CT molecular complexity index is 463. The third kappa shape index (κ3) is 2.77. The van der Waals surface area contributed by atoms with Gasteiger partial charge in [0.2, 0.25) is 0 Å². The van der Waals surface area contributed by atoms with Crippen LogP contribution in [-0.4, -0.2) is 18.3 Å². The molecule has 1 aromatic rings. The van der Waals surface area contributed by atoms with Crippen molar-refractivity contribution in [1.82, 2.24) is 0 Å². The van der Waals surface area contributed by atoms with Crippen LogP contribution < -0.4 is 5.32 Å². The highest BCUT2D eigenvalue weighted by Gasteiger charge is 2.36. The van der Waals surface area contributed by atoms with Crippen LogP contribution in [0.4, 0.5) is 5.69 Å². The maximum Gasteiger partial charge on any atom is 0.101 e. The van der Waals surface area contributed by atoms with Crippen molar-refractivity contribution >= 4 is 17.3 Å². The molecule has 0 aromatic heterocycles. The molecule has 0 radical (unpaired) electrons. The summed E-state index contributed by atoms with van der Waals surface area (Å²) >= 11 is 5.86. The molecule has 0 saturated heterocycles. The lowest BCUT2D eigenvalue weighted by Crippen LogP contribution is -2.37. The lowest BCUT2D eigenvalue weighted by Gasteiger charge is -2.42. The number of rotatable bonds is 5. The fraction of sp³-hybridized carbons (Fsp3) is 0.500. The quantitative estimate of drug-likeness (QED) is 0.859. The van der Waals surface area contributed by atoms with E-state index < -0.39 is 0 Å². The minimum absolute atomic E-state index is 0.209. The van der Waals surface area contributed by atoms with Gasteiger partial charge in [0.15, 0.2) is 0 Å². The molecule has 1 aliphatic rings. The molecule has 3 nitrogen and oxygen atoms in total. The molecular formula is C14H17ClN2O. The molecule has 0 atom stereocenters. The van der Waals surface area contributed by atoms with Gasteiger partial charge in [-0.15, -0.1) is 0 Å². The molecule has 0 aliphatic heterocycles. The molecule has 1 saturated carbocycles. The number of halogens is 1. The number of benzene rings is 1. The van der Waals surface area contributed by atoms with Gasteiger partial charge in [0.05, 0.1) is 11.3 Å². The van der Waals surface area contributed by atoms with Crippen molar-refractivity contribution in [3.63, 3.8) is 0 Å². The minimum atomic E-state index is 0.209. The maximum absolute atomic E-state index is 9.10. The highest BCUT2D eigenvalue weighted by molar-refractivity contribution is 6.30. The van der Waals surface area contributed by atoms with Gasteiger partial charge in [-0.3, -0.25) is 0 Å². The van der Waals surface area contributed by atoms with Crippen LogP contribution >= 0.6 is 11.6 Å². The van der Waals surface area contributed by atoms with Crippen molar-refractivity contribution in [2.75, 3.05) is 18.5 Å². The molecular weight excluding hydrogens is 248 g/mol. The smallest absolute Gasteiger partial charge is 0.101 e. The molecule has 1 aromatic carbocycles. The lowest BCUT2D eigenvalue weighted by molar-refractivity contribution is 0.102. The van der Waals surface area contributed by atoms with Crippen LogP contribution in [0.5, 0.6) is 0 Å². The zero-order valence-electron chi connectivity index (χ0n) is 10.2. The average Bonchev–Trinajstić information content (AvgIpc) is 2.33. The summed E-state index contributed by atoms with van der Waals surface area (Å²) in [5.41, 5.74) is 1.60. The number of hydrogen-bond donors (Lipinski definition) is 2. The minimum Gasteiger partial charge on any atom is -0.396 e. The molecule has 0 heterocycles. The topological polar surface area (TPSA) is 56.0 Å². The Morgan fingerprint density at radius 3 is 2.78 bits per heavy atom. The van der Waals surface area contributed by atoms with Gasteiger partial charge in [-0.1, -0.05) is 18.0 Å². The molecule has 2 rings (SSSR count). The van der Waals surface area contributed by atoms with Crippen molar-refractivity contribution < 1.29 is 5.11 Å². The largest absolute Gasteiger partial charge is 0.396 e. The lowest BCUT2D eigenvalue weighted by atomic mass is 9.66. The number of aliphatic hydroxyl groups is 1. The standard InChI is InChI=1S/C14H17ClN2O/c15-12-2-3-13(11(8-12)9-16)17-10-14(6-7-18)4-1-5-14/h2-3,8,17-18H,1,4-7,10H2. The van der Waals surface area contributed by atoms with Crippen LogP contribution in [-0.2, 0) is 0 Å². The summed E-state index contributed by atoms with van der Waals surface area (Å²) < 4.78 is 0. The fourth-order valence-corrected chi connectivity index (χ4v) is 2.65. The second-order valence-electron chi connectivity index (χ2n) is 4.98. The van der Waals surface area contributed by atoms with Crippen molar-refractivity contribution in [2.24, 2.45) is 5.41 Å². The van der Waals surface area contributed by atoms with Crippen LogP contribution in [0.3, 0.4) is 0 Å². The molecule has 96 valence electrons. The SMILES string of the molecule is N#Cc1cc(Cl)ccc1NCC1(CCO)CCC1. The first-order chi connectivity index (χ1) is 8.69. The van der Waals surface area contributed by atoms with Gasteiger partial charge < -0.3 is 10.4 Å². The van der Waals surface area contributed by atoms with Gasteiger partial charge in [-0.05, 0) is 42.9 Å². The van der Waals surface area contributed by atoms with Crippen LogP contribution in [0.2, 0.25) is 5.02 Å². The van der Waals surface area contributed by atoms with Gasteiger partial charge in [0.1, 0.15) is 6.07 Å². The van der Waals surface area contributed by atoms with E-state index in [-0.39, 0.29) is 12.0 Å². The van der Waals surface area contributed by atoms with E-state index in [0.29, 0.717) is 10.6 Å². The molecule has 1 aliphatic carbocycles. The normalized spacial score (nSPS) is 16.7. The van der Waals surface area contributed by atoms with E-state index in [4.69, 9.17) is 22.0 Å². The van der Waals surface area contributed by atoms with Crippen molar-refractivity contribution in [3.8, 4) is 6.07 Å². The van der Waals surface area contributed by atoms with Crippen molar-refractivity contribution in [3.05, 3.63) is 28.8 Å². The molecule has 4 heteroatoms. The van der Waals surface area contributed by atoms with Crippen LogP contribution in [0, 0.1) is 16.7 Å². The first-order valence-electron chi connectivity index (χ1n) is 6.23. The Morgan fingerprint density at radius 1 is 1.44 bits per heavy atom. The Morgan fingerprint density at radius 2 is 2.22 bits per heavy atom. The van der Waals surface area contributed by atoms with Gasteiger partial charge >= 0.3 is 0 Å². The molecule has 0 spiro atoms. The van der Waals surface area contributed by atoms with E-state index in [1.165, 1.54) is 6.42 Å². The Kier molecular flexibility index (Phi) is 4.11. The van der Waals surface area contributed by atoms with Crippen molar-refractivity contribution in [2.45, 2.75) is 25.7 Å². The summed E-state index contributed by atoms with van der Waals surface area (Å²) in [6.45, 7) is 1.04. The van der Waals surface area contributed by atoms with E-state index in [9.17, 15) is 0 Å². The summed E-state index contributed by atoms with van der Waals surface area (Å²) in [6.07, 6.45) is 4.36. The molecule has 0 unspecified atom stereocenters. The zero-order chi connectivity index (χ0) is 13.0. The predicted molar refractivity (Wildman–Crippen MR) is 72.6 cm³/mol. The second-order valence-corrected chi connectivity index (χ2v) is 5.42. The van der Waals surface area contributed by atoms with E-state index in [0.717, 1.165) is 31.5 Å². The van der Waals surface area contributed by atoms with E-state index in [2.05, 4.69) is 11.4 Å². The molecule has 0 bridgehead atoms. The number of hydrogen-bond acceptors (Lipinski definition) is 3. The van der Waals surface area contributed by atoms with Crippen LogP contribution in [0.15, 0.2) is 18.2 Å². The molecule has 0 amide bonds. The number of aliphatic hydroxyl groups excluding tert-OH is 1.